The van der Waals surface area contributed by atoms with Gasteiger partial charge in [-0.1, -0.05) is 61.9 Å². The largest absolute Gasteiger partial charge is 0.494 e. The molecular formula is C31H39N3O5S. The monoisotopic (exact) mass is 565 g/mol. The Hall–Kier alpha value is -3.85. The van der Waals surface area contributed by atoms with Gasteiger partial charge in [-0.3, -0.25) is 13.9 Å². The average Bonchev–Trinajstić information content (AvgIpc) is 2.94. The van der Waals surface area contributed by atoms with Crippen LogP contribution >= 0.6 is 0 Å². The molecule has 0 saturated heterocycles. The van der Waals surface area contributed by atoms with Crippen LogP contribution in [0.3, 0.4) is 0 Å². The Morgan fingerprint density at radius 2 is 1.60 bits per heavy atom. The smallest absolute Gasteiger partial charge is 0.264 e. The fourth-order valence-corrected chi connectivity index (χ4v) is 5.60. The summed E-state index contributed by atoms with van der Waals surface area (Å²) in [5.74, 6) is 0.0322. The molecule has 0 aliphatic carbocycles. The maximum atomic E-state index is 14.0. The summed E-state index contributed by atoms with van der Waals surface area (Å²) in [6.07, 6.45) is 0. The van der Waals surface area contributed by atoms with E-state index in [0.29, 0.717) is 24.6 Å². The zero-order valence-corrected chi connectivity index (χ0v) is 24.6. The van der Waals surface area contributed by atoms with Gasteiger partial charge in [-0.2, -0.15) is 0 Å². The van der Waals surface area contributed by atoms with Gasteiger partial charge in [0.25, 0.3) is 10.0 Å². The highest BCUT2D eigenvalue weighted by molar-refractivity contribution is 7.92. The summed E-state index contributed by atoms with van der Waals surface area (Å²) < 4.78 is 34.3. The lowest BCUT2D eigenvalue weighted by molar-refractivity contribution is -0.139. The highest BCUT2D eigenvalue weighted by Crippen LogP contribution is 2.26. The number of hydrogen-bond acceptors (Lipinski definition) is 5. The van der Waals surface area contributed by atoms with Crippen molar-refractivity contribution in [2.45, 2.75) is 52.1 Å². The molecule has 1 N–H and O–H groups in total. The molecule has 1 atom stereocenters. The van der Waals surface area contributed by atoms with Crippen LogP contribution in [0.15, 0.2) is 83.8 Å². The molecule has 1 unspecified atom stereocenters. The first kappa shape index (κ1) is 30.7. The van der Waals surface area contributed by atoms with Gasteiger partial charge in [-0.05, 0) is 68.7 Å². The number of hydrogen-bond donors (Lipinski definition) is 1. The quantitative estimate of drug-likeness (QED) is 0.322. The van der Waals surface area contributed by atoms with Crippen molar-refractivity contribution in [3.8, 4) is 5.75 Å². The van der Waals surface area contributed by atoms with Crippen molar-refractivity contribution in [3.63, 3.8) is 0 Å². The standard InChI is InChI=1S/C31H39N3O5S/c1-6-39-28-17-15-27(16-18-28)34(40(37,38)29-13-8-7-9-14-29)22-30(35)33(21-26-12-10-11-24(4)19-26)25(5)31(36)32-20-23(2)3/h7-19,23,25H,6,20-22H2,1-5H3,(H,32,36). The molecule has 9 heteroatoms. The van der Waals surface area contributed by atoms with Crippen LogP contribution in [0, 0.1) is 12.8 Å². The number of nitrogens with zero attached hydrogens (tertiary/aromatic N) is 2. The van der Waals surface area contributed by atoms with Crippen LogP contribution < -0.4 is 14.4 Å². The summed E-state index contributed by atoms with van der Waals surface area (Å²) in [5, 5.41) is 2.90. The molecule has 2 amide bonds. The van der Waals surface area contributed by atoms with Crippen LogP contribution in [0.25, 0.3) is 0 Å². The number of aryl methyl sites for hydroxylation is 1. The van der Waals surface area contributed by atoms with E-state index in [9.17, 15) is 18.0 Å². The average molecular weight is 566 g/mol. The van der Waals surface area contributed by atoms with Crippen LogP contribution in [0.1, 0.15) is 38.8 Å². The molecule has 0 spiro atoms. The Labute approximate surface area is 238 Å². The van der Waals surface area contributed by atoms with Crippen LogP contribution in [0.4, 0.5) is 5.69 Å². The predicted octanol–water partition coefficient (Wildman–Crippen LogP) is 4.78. The summed E-state index contributed by atoms with van der Waals surface area (Å²) in [6, 6.07) is 21.4. The van der Waals surface area contributed by atoms with Crippen molar-refractivity contribution < 1.29 is 22.7 Å². The van der Waals surface area contributed by atoms with Gasteiger partial charge >= 0.3 is 0 Å². The Balaban J connectivity index is 2.00. The second-order valence-corrected chi connectivity index (χ2v) is 11.9. The highest BCUT2D eigenvalue weighted by Gasteiger charge is 2.32. The van der Waals surface area contributed by atoms with Gasteiger partial charge in [-0.25, -0.2) is 8.42 Å². The fourth-order valence-electron chi connectivity index (χ4n) is 4.17. The Kier molecular flexibility index (Phi) is 10.7. The molecule has 0 aromatic heterocycles. The first-order valence-corrected chi connectivity index (χ1v) is 14.9. The van der Waals surface area contributed by atoms with E-state index in [1.165, 1.54) is 17.0 Å². The molecule has 0 saturated carbocycles. The minimum atomic E-state index is -4.11. The van der Waals surface area contributed by atoms with Gasteiger partial charge in [0.2, 0.25) is 11.8 Å². The van der Waals surface area contributed by atoms with Crippen molar-refractivity contribution in [1.29, 1.82) is 0 Å². The molecule has 8 nitrogen and oxygen atoms in total. The van der Waals surface area contributed by atoms with E-state index in [2.05, 4.69) is 5.32 Å². The summed E-state index contributed by atoms with van der Waals surface area (Å²) in [6.45, 7) is 10.1. The second kappa shape index (κ2) is 14.0. The zero-order valence-electron chi connectivity index (χ0n) is 23.8. The fraction of sp³-hybridized carbons (Fsp3) is 0.355. The molecule has 0 heterocycles. The Morgan fingerprint density at radius 1 is 0.925 bits per heavy atom. The molecule has 0 fully saturated rings. The maximum absolute atomic E-state index is 14.0. The second-order valence-electron chi connectivity index (χ2n) is 10.1. The van der Waals surface area contributed by atoms with E-state index in [0.717, 1.165) is 15.4 Å². The van der Waals surface area contributed by atoms with Crippen molar-refractivity contribution in [1.82, 2.24) is 10.2 Å². The van der Waals surface area contributed by atoms with E-state index in [-0.39, 0.29) is 23.3 Å². The molecule has 0 aliphatic heterocycles. The van der Waals surface area contributed by atoms with Gasteiger partial charge in [0.1, 0.15) is 18.3 Å². The molecule has 3 aromatic rings. The predicted molar refractivity (Wildman–Crippen MR) is 158 cm³/mol. The number of rotatable bonds is 13. The summed E-state index contributed by atoms with van der Waals surface area (Å²) >= 11 is 0. The third-order valence-electron chi connectivity index (χ3n) is 6.33. The molecular weight excluding hydrogens is 526 g/mol. The lowest BCUT2D eigenvalue weighted by Crippen LogP contribution is -2.51. The Bertz CT molecular complexity index is 1380. The minimum absolute atomic E-state index is 0.0599. The Morgan fingerprint density at radius 3 is 2.20 bits per heavy atom. The summed E-state index contributed by atoms with van der Waals surface area (Å²) in [7, 11) is -4.11. The minimum Gasteiger partial charge on any atom is -0.494 e. The normalized spacial score (nSPS) is 12.1. The number of ether oxygens (including phenoxy) is 1. The number of carbonyl (C=O) groups is 2. The lowest BCUT2D eigenvalue weighted by Gasteiger charge is -2.32. The van der Waals surface area contributed by atoms with Crippen LogP contribution in [-0.2, 0) is 26.2 Å². The summed E-state index contributed by atoms with van der Waals surface area (Å²) in [5.41, 5.74) is 2.17. The van der Waals surface area contributed by atoms with Crippen LogP contribution in [-0.4, -0.2) is 50.9 Å². The van der Waals surface area contributed by atoms with Gasteiger partial charge in [0.05, 0.1) is 17.2 Å². The zero-order chi connectivity index (χ0) is 29.3. The number of amides is 2. The van der Waals surface area contributed by atoms with E-state index in [1.807, 2.05) is 52.0 Å². The maximum Gasteiger partial charge on any atom is 0.264 e. The van der Waals surface area contributed by atoms with Crippen molar-refractivity contribution in [2.75, 3.05) is 24.0 Å². The van der Waals surface area contributed by atoms with Gasteiger partial charge in [0.15, 0.2) is 0 Å². The third-order valence-corrected chi connectivity index (χ3v) is 8.12. The number of nitrogens with one attached hydrogen (secondary N) is 1. The first-order valence-electron chi connectivity index (χ1n) is 13.5. The van der Waals surface area contributed by atoms with Crippen LogP contribution in [0.5, 0.6) is 5.75 Å². The van der Waals surface area contributed by atoms with E-state index in [1.54, 1.807) is 49.4 Å². The number of benzene rings is 3. The number of carbonyl (C=O) groups excluding carboxylic acids is 2. The molecule has 0 bridgehead atoms. The van der Waals surface area contributed by atoms with E-state index < -0.39 is 28.5 Å². The third kappa shape index (κ3) is 8.08. The first-order chi connectivity index (χ1) is 19.0. The molecule has 40 heavy (non-hydrogen) atoms. The number of sulfonamides is 1. The van der Waals surface area contributed by atoms with Gasteiger partial charge in [0, 0.05) is 13.1 Å². The van der Waals surface area contributed by atoms with Gasteiger partial charge < -0.3 is 15.0 Å². The topological polar surface area (TPSA) is 96.0 Å². The molecule has 3 rings (SSSR count). The molecule has 0 aliphatic rings. The van der Waals surface area contributed by atoms with Crippen molar-refractivity contribution >= 4 is 27.5 Å². The van der Waals surface area contributed by atoms with Crippen LogP contribution in [0.2, 0.25) is 0 Å². The molecule has 3 aromatic carbocycles. The van der Waals surface area contributed by atoms with Crippen molar-refractivity contribution in [2.24, 2.45) is 5.92 Å². The van der Waals surface area contributed by atoms with E-state index >= 15 is 0 Å². The molecule has 0 radical (unpaired) electrons. The van der Waals surface area contributed by atoms with E-state index in [4.69, 9.17) is 4.74 Å². The lowest BCUT2D eigenvalue weighted by atomic mass is 10.1. The SMILES string of the molecule is CCOc1ccc(N(CC(=O)N(Cc2cccc(C)c2)C(C)C(=O)NCC(C)C)S(=O)(=O)c2ccccc2)cc1. The number of anilines is 1. The molecule has 214 valence electrons. The van der Waals surface area contributed by atoms with Gasteiger partial charge in [-0.15, -0.1) is 0 Å². The summed E-state index contributed by atoms with van der Waals surface area (Å²) in [4.78, 5) is 28.5. The highest BCUT2D eigenvalue weighted by atomic mass is 32.2. The van der Waals surface area contributed by atoms with Crippen molar-refractivity contribution in [3.05, 3.63) is 90.0 Å².